The molecular weight excluding hydrogens is 400 g/mol. The van der Waals surface area contributed by atoms with Gasteiger partial charge in [-0.25, -0.2) is 4.98 Å². The number of imidazole rings is 1. The molecule has 0 fully saturated rings. The Morgan fingerprint density at radius 2 is 2.05 bits per heavy atom. The summed E-state index contributed by atoms with van der Waals surface area (Å²) in [7, 11) is 0. The van der Waals surface area contributed by atoms with Gasteiger partial charge in [0.1, 0.15) is 0 Å². The van der Waals surface area contributed by atoms with Crippen molar-refractivity contribution in [3.8, 4) is 0 Å². The summed E-state index contributed by atoms with van der Waals surface area (Å²) in [5.41, 5.74) is 1.30. The van der Waals surface area contributed by atoms with Gasteiger partial charge < -0.3 is 4.57 Å². The first-order valence-corrected chi connectivity index (χ1v) is 9.09. The first-order valence-electron chi connectivity index (χ1n) is 6.63. The number of aromatic nitrogens is 2. The molecular formula is C15H18Br2N2S. The number of rotatable bonds is 6. The number of thioether (sulfide) groups is 1. The second-order valence-electron chi connectivity index (χ2n) is 4.80. The Labute approximate surface area is 141 Å². The molecule has 2 atom stereocenters. The Hall–Kier alpha value is -0.260. The fourth-order valence-electron chi connectivity index (χ4n) is 1.90. The third kappa shape index (κ3) is 4.12. The minimum atomic E-state index is -0.188. The molecule has 2 aromatic rings. The standard InChI is InChI=1S/C15H18Br2N2S/c1-3-12(2)20-15(17,19-9-8-18-11-19)10-13-4-6-14(16)7-5-13/h4-9,11-12H,3,10H2,1-2H3. The van der Waals surface area contributed by atoms with Gasteiger partial charge in [-0.1, -0.05) is 41.9 Å². The van der Waals surface area contributed by atoms with Gasteiger partial charge in [0, 0.05) is 28.5 Å². The van der Waals surface area contributed by atoms with Crippen LogP contribution >= 0.6 is 43.6 Å². The highest BCUT2D eigenvalue weighted by Crippen LogP contribution is 2.43. The second kappa shape index (κ2) is 7.14. The molecule has 0 N–H and O–H groups in total. The lowest BCUT2D eigenvalue weighted by molar-refractivity contribution is 0.625. The van der Waals surface area contributed by atoms with Crippen LogP contribution in [0.2, 0.25) is 0 Å². The smallest absolute Gasteiger partial charge is 0.151 e. The van der Waals surface area contributed by atoms with Crippen molar-refractivity contribution < 1.29 is 0 Å². The maximum atomic E-state index is 4.19. The van der Waals surface area contributed by atoms with E-state index < -0.39 is 0 Å². The molecule has 1 heterocycles. The number of benzene rings is 1. The predicted octanol–water partition coefficient (Wildman–Crippen LogP) is 5.43. The molecule has 2 unspecified atom stereocenters. The van der Waals surface area contributed by atoms with Crippen molar-refractivity contribution in [3.05, 3.63) is 53.0 Å². The van der Waals surface area contributed by atoms with Crippen LogP contribution in [0.25, 0.3) is 0 Å². The minimum Gasteiger partial charge on any atom is -0.312 e. The second-order valence-corrected chi connectivity index (χ2v) is 9.27. The van der Waals surface area contributed by atoms with Crippen molar-refractivity contribution in [1.82, 2.24) is 9.55 Å². The molecule has 20 heavy (non-hydrogen) atoms. The summed E-state index contributed by atoms with van der Waals surface area (Å²) >= 11 is 9.36. The summed E-state index contributed by atoms with van der Waals surface area (Å²) in [6, 6.07) is 8.50. The highest BCUT2D eigenvalue weighted by molar-refractivity contribution is 9.11. The van der Waals surface area contributed by atoms with Crippen molar-refractivity contribution >= 4 is 43.6 Å². The van der Waals surface area contributed by atoms with Crippen LogP contribution in [0.1, 0.15) is 25.8 Å². The van der Waals surface area contributed by atoms with Gasteiger partial charge in [-0.3, -0.25) is 0 Å². The summed E-state index contributed by atoms with van der Waals surface area (Å²) in [6.45, 7) is 4.48. The van der Waals surface area contributed by atoms with E-state index in [1.165, 1.54) is 5.56 Å². The van der Waals surface area contributed by atoms with Crippen LogP contribution in [0.4, 0.5) is 0 Å². The zero-order chi connectivity index (χ0) is 14.6. The summed E-state index contributed by atoms with van der Waals surface area (Å²) in [5.74, 6) is 0. The molecule has 108 valence electrons. The number of alkyl halides is 1. The molecule has 5 heteroatoms. The zero-order valence-electron chi connectivity index (χ0n) is 11.6. The highest BCUT2D eigenvalue weighted by atomic mass is 79.9. The van der Waals surface area contributed by atoms with Gasteiger partial charge in [0.15, 0.2) is 3.78 Å². The van der Waals surface area contributed by atoms with E-state index in [0.717, 1.165) is 17.3 Å². The van der Waals surface area contributed by atoms with Crippen LogP contribution in [0.5, 0.6) is 0 Å². The monoisotopic (exact) mass is 416 g/mol. The molecule has 0 aliphatic carbocycles. The summed E-state index contributed by atoms with van der Waals surface area (Å²) in [4.78, 5) is 4.19. The summed E-state index contributed by atoms with van der Waals surface area (Å²) in [6.07, 6.45) is 7.78. The van der Waals surface area contributed by atoms with E-state index in [-0.39, 0.29) is 3.78 Å². The molecule has 2 rings (SSSR count). The zero-order valence-corrected chi connectivity index (χ0v) is 15.6. The van der Waals surface area contributed by atoms with E-state index in [1.54, 1.807) is 0 Å². The third-order valence-electron chi connectivity index (χ3n) is 3.18. The average molecular weight is 418 g/mol. The van der Waals surface area contributed by atoms with E-state index in [1.807, 2.05) is 30.5 Å². The fourth-order valence-corrected chi connectivity index (χ4v) is 4.91. The van der Waals surface area contributed by atoms with Crippen LogP contribution in [-0.2, 0) is 10.2 Å². The summed E-state index contributed by atoms with van der Waals surface area (Å²) < 4.78 is 3.07. The lowest BCUT2D eigenvalue weighted by Gasteiger charge is -2.31. The van der Waals surface area contributed by atoms with Gasteiger partial charge in [0.05, 0.1) is 6.33 Å². The van der Waals surface area contributed by atoms with E-state index in [4.69, 9.17) is 0 Å². The maximum Gasteiger partial charge on any atom is 0.151 e. The van der Waals surface area contributed by atoms with Gasteiger partial charge in [0.2, 0.25) is 0 Å². The van der Waals surface area contributed by atoms with Crippen LogP contribution in [0.3, 0.4) is 0 Å². The quantitative estimate of drug-likeness (QED) is 0.583. The SMILES string of the molecule is CCC(C)SC(Br)(Cc1ccc(Br)cc1)n1ccnc1. The Bertz CT molecular complexity index is 527. The largest absolute Gasteiger partial charge is 0.312 e. The first-order chi connectivity index (χ1) is 9.53. The lowest BCUT2D eigenvalue weighted by Crippen LogP contribution is -2.26. The Kier molecular flexibility index (Phi) is 5.75. The van der Waals surface area contributed by atoms with Crippen LogP contribution in [-0.4, -0.2) is 14.8 Å². The van der Waals surface area contributed by atoms with Gasteiger partial charge in [-0.2, -0.15) is 0 Å². The molecule has 0 amide bonds. The van der Waals surface area contributed by atoms with E-state index >= 15 is 0 Å². The Morgan fingerprint density at radius 1 is 1.35 bits per heavy atom. The number of hydrogen-bond acceptors (Lipinski definition) is 2. The van der Waals surface area contributed by atoms with Crippen LogP contribution < -0.4 is 0 Å². The molecule has 1 aromatic carbocycles. The van der Waals surface area contributed by atoms with Gasteiger partial charge in [-0.15, -0.1) is 11.8 Å². The average Bonchev–Trinajstić information content (AvgIpc) is 2.96. The van der Waals surface area contributed by atoms with Gasteiger partial charge >= 0.3 is 0 Å². The van der Waals surface area contributed by atoms with Crippen molar-refractivity contribution in [2.45, 2.75) is 35.7 Å². The van der Waals surface area contributed by atoms with E-state index in [9.17, 15) is 0 Å². The number of nitrogens with zero attached hydrogens (tertiary/aromatic N) is 2. The molecule has 0 saturated heterocycles. The minimum absolute atomic E-state index is 0.188. The first kappa shape index (κ1) is 16.1. The normalized spacial score (nSPS) is 15.8. The third-order valence-corrected chi connectivity index (χ3v) is 6.41. The van der Waals surface area contributed by atoms with Crippen molar-refractivity contribution in [2.75, 3.05) is 0 Å². The van der Waals surface area contributed by atoms with Gasteiger partial charge in [0.25, 0.3) is 0 Å². The highest BCUT2D eigenvalue weighted by Gasteiger charge is 2.31. The molecule has 0 spiro atoms. The molecule has 0 radical (unpaired) electrons. The topological polar surface area (TPSA) is 17.8 Å². The molecule has 0 bridgehead atoms. The number of halogens is 2. The summed E-state index contributed by atoms with van der Waals surface area (Å²) in [5, 5.41) is 0.576. The van der Waals surface area contributed by atoms with E-state index in [2.05, 4.69) is 79.5 Å². The van der Waals surface area contributed by atoms with Crippen molar-refractivity contribution in [2.24, 2.45) is 0 Å². The molecule has 0 aliphatic heterocycles. The Morgan fingerprint density at radius 3 is 2.60 bits per heavy atom. The van der Waals surface area contributed by atoms with E-state index in [0.29, 0.717) is 5.25 Å². The maximum absolute atomic E-state index is 4.19. The predicted molar refractivity (Wildman–Crippen MR) is 94.3 cm³/mol. The van der Waals surface area contributed by atoms with Crippen molar-refractivity contribution in [1.29, 1.82) is 0 Å². The molecule has 0 aliphatic rings. The van der Waals surface area contributed by atoms with Crippen molar-refractivity contribution in [3.63, 3.8) is 0 Å². The van der Waals surface area contributed by atoms with Gasteiger partial charge in [-0.05, 0) is 40.0 Å². The van der Waals surface area contributed by atoms with Crippen LogP contribution in [0, 0.1) is 0 Å². The lowest BCUT2D eigenvalue weighted by atomic mass is 10.1. The molecule has 0 saturated carbocycles. The fraction of sp³-hybridized carbons (Fsp3) is 0.400. The molecule has 2 nitrogen and oxygen atoms in total. The Balaban J connectivity index is 2.24. The molecule has 1 aromatic heterocycles. The van der Waals surface area contributed by atoms with Crippen LogP contribution in [0.15, 0.2) is 47.5 Å². The number of hydrogen-bond donors (Lipinski definition) is 0.